The standard InChI is InChI=1S/C13H26N4O3S/c1-11-10-16(7-8-20-11)13(14)15-9-12-3-5-17(6-4-12)21(2,18)19/h11-12H,3-10H2,1-2H3,(H2,14,15). The lowest BCUT2D eigenvalue weighted by Crippen LogP contribution is -2.48. The van der Waals surface area contributed by atoms with Crippen LogP contribution in [0.3, 0.4) is 0 Å². The van der Waals surface area contributed by atoms with Gasteiger partial charge < -0.3 is 15.4 Å². The van der Waals surface area contributed by atoms with Crippen molar-refractivity contribution < 1.29 is 13.2 Å². The van der Waals surface area contributed by atoms with E-state index in [0.717, 1.165) is 25.9 Å². The fourth-order valence-electron chi connectivity index (χ4n) is 2.77. The molecule has 2 heterocycles. The van der Waals surface area contributed by atoms with Gasteiger partial charge in [-0.2, -0.15) is 0 Å². The molecule has 2 aliphatic rings. The number of aliphatic imine (C=N–C) groups is 1. The Hall–Kier alpha value is -0.860. The van der Waals surface area contributed by atoms with Gasteiger partial charge in [-0.1, -0.05) is 0 Å². The van der Waals surface area contributed by atoms with E-state index in [1.54, 1.807) is 4.31 Å². The Morgan fingerprint density at radius 2 is 2.00 bits per heavy atom. The van der Waals surface area contributed by atoms with Crippen molar-refractivity contribution in [2.24, 2.45) is 16.6 Å². The van der Waals surface area contributed by atoms with Crippen molar-refractivity contribution in [3.63, 3.8) is 0 Å². The molecule has 0 amide bonds. The molecule has 1 atom stereocenters. The van der Waals surface area contributed by atoms with Crippen LogP contribution in [0.25, 0.3) is 0 Å². The molecular formula is C13H26N4O3S. The van der Waals surface area contributed by atoms with Gasteiger partial charge in [-0.3, -0.25) is 4.99 Å². The molecule has 0 aromatic rings. The Morgan fingerprint density at radius 1 is 1.33 bits per heavy atom. The lowest BCUT2D eigenvalue weighted by atomic mass is 9.98. The van der Waals surface area contributed by atoms with Gasteiger partial charge in [0, 0.05) is 32.7 Å². The SMILES string of the molecule is CC1CN(C(N)=NCC2CCN(S(C)(=O)=O)CC2)CCO1. The molecule has 122 valence electrons. The van der Waals surface area contributed by atoms with Crippen LogP contribution in [0.2, 0.25) is 0 Å². The van der Waals surface area contributed by atoms with Crippen LogP contribution in [-0.2, 0) is 14.8 Å². The van der Waals surface area contributed by atoms with Crippen LogP contribution < -0.4 is 5.73 Å². The smallest absolute Gasteiger partial charge is 0.211 e. The van der Waals surface area contributed by atoms with E-state index in [1.165, 1.54) is 6.26 Å². The second-order valence-electron chi connectivity index (χ2n) is 5.93. The molecule has 2 fully saturated rings. The zero-order valence-corrected chi connectivity index (χ0v) is 13.7. The molecular weight excluding hydrogens is 292 g/mol. The number of nitrogens with zero attached hydrogens (tertiary/aromatic N) is 3. The molecule has 2 rings (SSSR count). The number of piperidine rings is 1. The fraction of sp³-hybridized carbons (Fsp3) is 0.923. The number of hydrogen-bond donors (Lipinski definition) is 1. The second-order valence-corrected chi connectivity index (χ2v) is 7.91. The Kier molecular flexibility index (Phi) is 5.45. The summed E-state index contributed by atoms with van der Waals surface area (Å²) >= 11 is 0. The largest absolute Gasteiger partial charge is 0.375 e. The summed E-state index contributed by atoms with van der Waals surface area (Å²) in [6, 6.07) is 0. The number of morpholine rings is 1. The lowest BCUT2D eigenvalue weighted by molar-refractivity contribution is 0.00526. The Balaban J connectivity index is 1.79. The molecule has 0 bridgehead atoms. The van der Waals surface area contributed by atoms with Crippen molar-refractivity contribution in [1.29, 1.82) is 0 Å². The van der Waals surface area contributed by atoms with Crippen LogP contribution in [0, 0.1) is 5.92 Å². The van der Waals surface area contributed by atoms with Gasteiger partial charge in [0.25, 0.3) is 0 Å². The van der Waals surface area contributed by atoms with Crippen LogP contribution in [-0.4, -0.2) is 75.3 Å². The number of guanidine groups is 1. The van der Waals surface area contributed by atoms with Crippen LogP contribution in [0.5, 0.6) is 0 Å². The van der Waals surface area contributed by atoms with E-state index in [4.69, 9.17) is 10.5 Å². The third-order valence-corrected chi connectivity index (χ3v) is 5.42. The predicted molar refractivity (Wildman–Crippen MR) is 82.6 cm³/mol. The third kappa shape index (κ3) is 4.82. The number of hydrogen-bond acceptors (Lipinski definition) is 4. The molecule has 8 heteroatoms. The summed E-state index contributed by atoms with van der Waals surface area (Å²) in [5.74, 6) is 0.996. The van der Waals surface area contributed by atoms with Crippen LogP contribution in [0.1, 0.15) is 19.8 Å². The zero-order chi connectivity index (χ0) is 15.5. The topological polar surface area (TPSA) is 88.2 Å². The summed E-state index contributed by atoms with van der Waals surface area (Å²) in [6.45, 7) is 6.13. The molecule has 2 N–H and O–H groups in total. The van der Waals surface area contributed by atoms with Gasteiger partial charge in [0.2, 0.25) is 10.0 Å². The van der Waals surface area contributed by atoms with E-state index in [2.05, 4.69) is 9.89 Å². The summed E-state index contributed by atoms with van der Waals surface area (Å²) < 4.78 is 29.9. The van der Waals surface area contributed by atoms with E-state index < -0.39 is 10.0 Å². The average molecular weight is 318 g/mol. The predicted octanol–water partition coefficient (Wildman–Crippen LogP) is -0.307. The van der Waals surface area contributed by atoms with Crippen molar-refractivity contribution in [3.8, 4) is 0 Å². The van der Waals surface area contributed by atoms with Crippen molar-refractivity contribution in [1.82, 2.24) is 9.21 Å². The highest BCUT2D eigenvalue weighted by Crippen LogP contribution is 2.19. The summed E-state index contributed by atoms with van der Waals surface area (Å²) in [4.78, 5) is 6.55. The monoisotopic (exact) mass is 318 g/mol. The molecule has 2 saturated heterocycles. The normalized spacial score (nSPS) is 27.0. The van der Waals surface area contributed by atoms with Crippen LogP contribution >= 0.6 is 0 Å². The second kappa shape index (κ2) is 6.93. The summed E-state index contributed by atoms with van der Waals surface area (Å²) in [6.07, 6.45) is 3.15. The van der Waals surface area contributed by atoms with Crippen molar-refractivity contribution in [3.05, 3.63) is 0 Å². The van der Waals surface area contributed by atoms with E-state index in [1.807, 2.05) is 6.92 Å². The molecule has 2 aliphatic heterocycles. The first-order chi connectivity index (χ1) is 9.86. The minimum absolute atomic E-state index is 0.186. The minimum atomic E-state index is -3.05. The first-order valence-corrected chi connectivity index (χ1v) is 9.32. The van der Waals surface area contributed by atoms with Gasteiger partial charge in [0.1, 0.15) is 0 Å². The quantitative estimate of drug-likeness (QED) is 0.570. The van der Waals surface area contributed by atoms with Crippen LogP contribution in [0.15, 0.2) is 4.99 Å². The Morgan fingerprint density at radius 3 is 2.57 bits per heavy atom. The van der Waals surface area contributed by atoms with Crippen LogP contribution in [0.4, 0.5) is 0 Å². The first-order valence-electron chi connectivity index (χ1n) is 7.48. The lowest BCUT2D eigenvalue weighted by Gasteiger charge is -2.32. The van der Waals surface area contributed by atoms with E-state index in [9.17, 15) is 8.42 Å². The Labute approximate surface area is 127 Å². The van der Waals surface area contributed by atoms with Gasteiger partial charge in [0.05, 0.1) is 19.0 Å². The summed E-state index contributed by atoms with van der Waals surface area (Å²) in [5, 5.41) is 0. The summed E-state index contributed by atoms with van der Waals surface area (Å²) in [7, 11) is -3.05. The molecule has 0 radical (unpaired) electrons. The van der Waals surface area contributed by atoms with Gasteiger partial charge >= 0.3 is 0 Å². The molecule has 0 saturated carbocycles. The summed E-state index contributed by atoms with van der Waals surface area (Å²) in [5.41, 5.74) is 6.04. The molecule has 0 aliphatic carbocycles. The zero-order valence-electron chi connectivity index (χ0n) is 12.9. The maximum atomic E-state index is 11.5. The van der Waals surface area contributed by atoms with Gasteiger partial charge in [-0.25, -0.2) is 12.7 Å². The fourth-order valence-corrected chi connectivity index (χ4v) is 3.65. The molecule has 21 heavy (non-hydrogen) atoms. The number of sulfonamides is 1. The molecule has 1 unspecified atom stereocenters. The molecule has 7 nitrogen and oxygen atoms in total. The highest BCUT2D eigenvalue weighted by Gasteiger charge is 2.25. The molecule has 0 aromatic heterocycles. The average Bonchev–Trinajstić information content (AvgIpc) is 2.44. The maximum Gasteiger partial charge on any atom is 0.211 e. The van der Waals surface area contributed by atoms with E-state index in [0.29, 0.717) is 38.1 Å². The van der Waals surface area contributed by atoms with Crippen molar-refractivity contribution >= 4 is 16.0 Å². The van der Waals surface area contributed by atoms with Gasteiger partial charge in [-0.15, -0.1) is 0 Å². The van der Waals surface area contributed by atoms with E-state index in [-0.39, 0.29) is 6.10 Å². The highest BCUT2D eigenvalue weighted by molar-refractivity contribution is 7.88. The first kappa shape index (κ1) is 16.5. The van der Waals surface area contributed by atoms with Gasteiger partial charge in [-0.05, 0) is 25.7 Å². The maximum absolute atomic E-state index is 11.5. The molecule has 0 spiro atoms. The third-order valence-electron chi connectivity index (χ3n) is 4.12. The molecule has 0 aromatic carbocycles. The number of rotatable bonds is 3. The highest BCUT2D eigenvalue weighted by atomic mass is 32.2. The van der Waals surface area contributed by atoms with E-state index >= 15 is 0 Å². The van der Waals surface area contributed by atoms with Crippen molar-refractivity contribution in [2.75, 3.05) is 45.6 Å². The Bertz CT molecular complexity index is 472. The number of ether oxygens (including phenoxy) is 1. The number of nitrogens with two attached hydrogens (primary N) is 1. The van der Waals surface area contributed by atoms with Crippen molar-refractivity contribution in [2.45, 2.75) is 25.9 Å². The van der Waals surface area contributed by atoms with Gasteiger partial charge in [0.15, 0.2) is 5.96 Å². The minimum Gasteiger partial charge on any atom is -0.375 e.